The summed E-state index contributed by atoms with van der Waals surface area (Å²) in [7, 11) is 0. The summed E-state index contributed by atoms with van der Waals surface area (Å²) in [6.45, 7) is 8.18. The highest BCUT2D eigenvalue weighted by Gasteiger charge is 2.22. The third kappa shape index (κ3) is 4.30. The van der Waals surface area contributed by atoms with Gasteiger partial charge in [-0.15, -0.1) is 0 Å². The zero-order chi connectivity index (χ0) is 16.8. The van der Waals surface area contributed by atoms with Crippen LogP contribution in [0.15, 0.2) is 24.3 Å². The van der Waals surface area contributed by atoms with Crippen LogP contribution < -0.4 is 15.0 Å². The van der Waals surface area contributed by atoms with Crippen molar-refractivity contribution < 1.29 is 9.47 Å². The summed E-state index contributed by atoms with van der Waals surface area (Å²) in [4.78, 5) is 4.63. The summed E-state index contributed by atoms with van der Waals surface area (Å²) >= 11 is 5.55. The summed E-state index contributed by atoms with van der Waals surface area (Å²) in [5, 5.41) is 4.22. The molecule has 2 fully saturated rings. The Balaban J connectivity index is 1.49. The van der Waals surface area contributed by atoms with Crippen LogP contribution in [0.4, 0.5) is 5.69 Å². The second kappa shape index (κ2) is 8.53. The zero-order valence-corrected chi connectivity index (χ0v) is 15.2. The quantitative estimate of drug-likeness (QED) is 0.822. The average molecular weight is 350 g/mol. The Kier molecular flexibility index (Phi) is 6.15. The van der Waals surface area contributed by atoms with E-state index in [1.165, 1.54) is 5.69 Å². The first-order valence-corrected chi connectivity index (χ1v) is 9.30. The average Bonchev–Trinajstić information content (AvgIpc) is 3.14. The Morgan fingerprint density at radius 1 is 1.29 bits per heavy atom. The van der Waals surface area contributed by atoms with Crippen molar-refractivity contribution in [2.45, 2.75) is 25.9 Å². The molecule has 0 saturated carbocycles. The number of para-hydroxylation sites is 2. The number of benzene rings is 1. The molecule has 1 aromatic carbocycles. The van der Waals surface area contributed by atoms with E-state index in [0.29, 0.717) is 12.7 Å². The molecule has 0 aromatic heterocycles. The van der Waals surface area contributed by atoms with Gasteiger partial charge in [-0.25, -0.2) is 0 Å². The highest BCUT2D eigenvalue weighted by molar-refractivity contribution is 7.80. The number of piperazine rings is 1. The fourth-order valence-electron chi connectivity index (χ4n) is 3.26. The Hall–Kier alpha value is -1.53. The van der Waals surface area contributed by atoms with Gasteiger partial charge in [0.1, 0.15) is 5.75 Å². The van der Waals surface area contributed by atoms with Gasteiger partial charge >= 0.3 is 0 Å². The fourth-order valence-corrected chi connectivity index (χ4v) is 3.53. The Morgan fingerprint density at radius 3 is 2.79 bits per heavy atom. The van der Waals surface area contributed by atoms with Crippen molar-refractivity contribution in [3.8, 4) is 5.75 Å². The van der Waals surface area contributed by atoms with Crippen LogP contribution in [0, 0.1) is 0 Å². The molecule has 5 nitrogen and oxygen atoms in total. The number of ether oxygens (including phenoxy) is 2. The van der Waals surface area contributed by atoms with E-state index >= 15 is 0 Å². The van der Waals surface area contributed by atoms with Crippen molar-refractivity contribution in [2.24, 2.45) is 0 Å². The maximum atomic E-state index is 5.75. The fraction of sp³-hybridized carbons (Fsp3) is 0.611. The first-order valence-electron chi connectivity index (χ1n) is 8.89. The van der Waals surface area contributed by atoms with Crippen molar-refractivity contribution in [3.05, 3.63) is 24.3 Å². The van der Waals surface area contributed by atoms with Crippen LogP contribution in [0.5, 0.6) is 5.75 Å². The van der Waals surface area contributed by atoms with E-state index in [9.17, 15) is 0 Å². The minimum atomic E-state index is 0.322. The highest BCUT2D eigenvalue weighted by atomic mass is 32.1. The van der Waals surface area contributed by atoms with E-state index < -0.39 is 0 Å². The molecule has 3 rings (SSSR count). The van der Waals surface area contributed by atoms with E-state index in [0.717, 1.165) is 63.0 Å². The molecule has 0 unspecified atom stereocenters. The molecule has 2 heterocycles. The van der Waals surface area contributed by atoms with Crippen LogP contribution in [0.2, 0.25) is 0 Å². The van der Waals surface area contributed by atoms with Crippen LogP contribution in [-0.4, -0.2) is 62.1 Å². The van der Waals surface area contributed by atoms with Crippen LogP contribution >= 0.6 is 12.2 Å². The van der Waals surface area contributed by atoms with E-state index in [-0.39, 0.29) is 0 Å². The van der Waals surface area contributed by atoms with Gasteiger partial charge in [-0.1, -0.05) is 12.1 Å². The molecule has 1 N–H and O–H groups in total. The third-order valence-electron chi connectivity index (χ3n) is 4.58. The SMILES string of the molecule is CCOc1ccccc1N1CCN(C(=S)NC[C@H]2CCCO2)CC1. The summed E-state index contributed by atoms with van der Waals surface area (Å²) in [6, 6.07) is 8.26. The molecule has 0 aliphatic carbocycles. The molecule has 1 atom stereocenters. The number of anilines is 1. The van der Waals surface area contributed by atoms with Crippen molar-refractivity contribution in [1.82, 2.24) is 10.2 Å². The van der Waals surface area contributed by atoms with Crippen LogP contribution in [0.1, 0.15) is 19.8 Å². The summed E-state index contributed by atoms with van der Waals surface area (Å²) in [5.74, 6) is 0.965. The maximum Gasteiger partial charge on any atom is 0.169 e. The van der Waals surface area contributed by atoms with E-state index in [4.69, 9.17) is 21.7 Å². The highest BCUT2D eigenvalue weighted by Crippen LogP contribution is 2.28. The van der Waals surface area contributed by atoms with Gasteiger partial charge < -0.3 is 24.6 Å². The van der Waals surface area contributed by atoms with Gasteiger partial charge in [0, 0.05) is 39.3 Å². The smallest absolute Gasteiger partial charge is 0.169 e. The number of thiocarbonyl (C=S) groups is 1. The van der Waals surface area contributed by atoms with Gasteiger partial charge in [-0.3, -0.25) is 0 Å². The molecule has 0 bridgehead atoms. The first-order chi connectivity index (χ1) is 11.8. The molecular formula is C18H27N3O2S. The Labute approximate surface area is 149 Å². The van der Waals surface area contributed by atoms with Gasteiger partial charge in [0.05, 0.1) is 18.4 Å². The number of rotatable bonds is 5. The molecule has 0 amide bonds. The third-order valence-corrected chi connectivity index (χ3v) is 4.98. The van der Waals surface area contributed by atoms with Crippen molar-refractivity contribution in [3.63, 3.8) is 0 Å². The monoisotopic (exact) mass is 349 g/mol. The molecule has 0 radical (unpaired) electrons. The van der Waals surface area contributed by atoms with Crippen LogP contribution in [0.25, 0.3) is 0 Å². The topological polar surface area (TPSA) is 37.0 Å². The normalized spacial score (nSPS) is 21.0. The van der Waals surface area contributed by atoms with Crippen molar-refractivity contribution in [1.29, 1.82) is 0 Å². The standard InChI is InChI=1S/C18H27N3O2S/c1-2-22-17-8-4-3-7-16(17)20-9-11-21(12-10-20)18(24)19-14-15-6-5-13-23-15/h3-4,7-8,15H,2,5-6,9-14H2,1H3,(H,19,24)/t15-/m1/s1. The Morgan fingerprint density at radius 2 is 2.08 bits per heavy atom. The van der Waals surface area contributed by atoms with E-state index in [1.54, 1.807) is 0 Å². The zero-order valence-electron chi connectivity index (χ0n) is 14.4. The van der Waals surface area contributed by atoms with Gasteiger partial charge in [-0.2, -0.15) is 0 Å². The largest absolute Gasteiger partial charge is 0.492 e. The van der Waals surface area contributed by atoms with E-state index in [1.807, 2.05) is 19.1 Å². The summed E-state index contributed by atoms with van der Waals surface area (Å²) < 4.78 is 11.4. The number of nitrogens with zero attached hydrogens (tertiary/aromatic N) is 2. The summed E-state index contributed by atoms with van der Waals surface area (Å²) in [6.07, 6.45) is 2.62. The predicted octanol–water partition coefficient (Wildman–Crippen LogP) is 2.26. The van der Waals surface area contributed by atoms with Gasteiger partial charge in [-0.05, 0) is 44.1 Å². The first kappa shape index (κ1) is 17.3. The lowest BCUT2D eigenvalue weighted by molar-refractivity contribution is 0.113. The van der Waals surface area contributed by atoms with Crippen LogP contribution in [-0.2, 0) is 4.74 Å². The lowest BCUT2D eigenvalue weighted by Crippen LogP contribution is -2.52. The summed E-state index contributed by atoms with van der Waals surface area (Å²) in [5.41, 5.74) is 1.18. The molecule has 24 heavy (non-hydrogen) atoms. The van der Waals surface area contributed by atoms with E-state index in [2.05, 4.69) is 27.2 Å². The molecule has 0 spiro atoms. The lowest BCUT2D eigenvalue weighted by Gasteiger charge is -2.38. The minimum absolute atomic E-state index is 0.322. The molecule has 6 heteroatoms. The lowest BCUT2D eigenvalue weighted by atomic mass is 10.2. The number of hydrogen-bond acceptors (Lipinski definition) is 4. The molecule has 2 saturated heterocycles. The van der Waals surface area contributed by atoms with Crippen molar-refractivity contribution in [2.75, 3.05) is 50.8 Å². The minimum Gasteiger partial charge on any atom is -0.492 e. The second-order valence-electron chi connectivity index (χ2n) is 6.20. The number of hydrogen-bond donors (Lipinski definition) is 1. The predicted molar refractivity (Wildman–Crippen MR) is 101 cm³/mol. The molecular weight excluding hydrogens is 322 g/mol. The Bertz CT molecular complexity index is 541. The number of nitrogens with one attached hydrogen (secondary N) is 1. The van der Waals surface area contributed by atoms with Gasteiger partial charge in [0.2, 0.25) is 0 Å². The van der Waals surface area contributed by atoms with Gasteiger partial charge in [0.15, 0.2) is 5.11 Å². The van der Waals surface area contributed by atoms with Crippen LogP contribution in [0.3, 0.4) is 0 Å². The van der Waals surface area contributed by atoms with Crippen molar-refractivity contribution >= 4 is 23.0 Å². The molecule has 2 aliphatic rings. The van der Waals surface area contributed by atoms with Gasteiger partial charge in [0.25, 0.3) is 0 Å². The maximum absolute atomic E-state index is 5.75. The molecule has 2 aliphatic heterocycles. The molecule has 132 valence electrons. The second-order valence-corrected chi connectivity index (χ2v) is 6.58. The molecule has 1 aromatic rings.